The number of thiol groups is 1. The molecular formula is C15H19N3OS. The number of carbonyl (C=O) groups excluding carboxylic acids is 1. The Balaban J connectivity index is 1.70. The number of nitrogens with zero attached hydrogens (tertiary/aromatic N) is 3. The van der Waals surface area contributed by atoms with Gasteiger partial charge in [0.25, 0.3) is 0 Å². The molecule has 0 atom stereocenters. The van der Waals surface area contributed by atoms with Crippen molar-refractivity contribution in [1.29, 1.82) is 0 Å². The highest BCUT2D eigenvalue weighted by Gasteiger charge is 2.24. The molecule has 1 amide bonds. The van der Waals surface area contributed by atoms with E-state index < -0.39 is 0 Å². The highest BCUT2D eigenvalue weighted by Crippen LogP contribution is 2.26. The number of piperidine rings is 1. The molecule has 0 unspecified atom stereocenters. The van der Waals surface area contributed by atoms with Gasteiger partial charge in [-0.05, 0) is 30.7 Å². The average Bonchev–Trinajstić information content (AvgIpc) is 2.92. The lowest BCUT2D eigenvalue weighted by atomic mass is 10.0. The normalized spacial score (nSPS) is 16.8. The summed E-state index contributed by atoms with van der Waals surface area (Å²) in [5.74, 6) is 0.860. The van der Waals surface area contributed by atoms with Crippen LogP contribution >= 0.6 is 12.6 Å². The number of amides is 1. The summed E-state index contributed by atoms with van der Waals surface area (Å²) >= 11 is 4.13. The summed E-state index contributed by atoms with van der Waals surface area (Å²) in [4.78, 5) is 18.3. The average molecular weight is 289 g/mol. The maximum Gasteiger partial charge on any atom is 0.223 e. The summed E-state index contributed by atoms with van der Waals surface area (Å²) in [6, 6.07) is 8.66. The molecule has 1 aromatic carbocycles. The SMILES string of the molecule is O=C(CCS)N1CCC(n2cnc3ccccc32)CC1. The fourth-order valence-electron chi connectivity index (χ4n) is 2.92. The molecule has 1 aliphatic heterocycles. The van der Waals surface area contributed by atoms with Crippen LogP contribution in [-0.2, 0) is 4.79 Å². The molecule has 4 nitrogen and oxygen atoms in total. The van der Waals surface area contributed by atoms with Crippen molar-refractivity contribution in [1.82, 2.24) is 14.5 Å². The standard InChI is InChI=1S/C15H19N3OS/c19-15(7-10-20)17-8-5-12(6-9-17)18-11-16-13-3-1-2-4-14(13)18/h1-4,11-12,20H,5-10H2. The zero-order valence-corrected chi connectivity index (χ0v) is 12.3. The quantitative estimate of drug-likeness (QED) is 0.882. The van der Waals surface area contributed by atoms with E-state index in [4.69, 9.17) is 0 Å². The maximum atomic E-state index is 11.9. The van der Waals surface area contributed by atoms with Crippen molar-refractivity contribution in [3.8, 4) is 0 Å². The smallest absolute Gasteiger partial charge is 0.223 e. The molecule has 2 aromatic rings. The second kappa shape index (κ2) is 5.87. The molecule has 0 N–H and O–H groups in total. The van der Waals surface area contributed by atoms with E-state index in [0.29, 0.717) is 18.2 Å². The van der Waals surface area contributed by atoms with E-state index in [1.165, 1.54) is 5.52 Å². The largest absolute Gasteiger partial charge is 0.343 e. The summed E-state index contributed by atoms with van der Waals surface area (Å²) in [5.41, 5.74) is 2.23. The van der Waals surface area contributed by atoms with Crippen LogP contribution < -0.4 is 0 Å². The molecule has 0 bridgehead atoms. The van der Waals surface area contributed by atoms with E-state index in [9.17, 15) is 4.79 Å². The Bertz CT molecular complexity index is 602. The van der Waals surface area contributed by atoms with Crippen molar-refractivity contribution in [2.45, 2.75) is 25.3 Å². The Morgan fingerprint density at radius 2 is 2.05 bits per heavy atom. The Morgan fingerprint density at radius 3 is 2.80 bits per heavy atom. The Morgan fingerprint density at radius 1 is 1.30 bits per heavy atom. The van der Waals surface area contributed by atoms with Crippen LogP contribution in [0.3, 0.4) is 0 Å². The second-order valence-corrected chi connectivity index (χ2v) is 5.67. The van der Waals surface area contributed by atoms with Crippen molar-refractivity contribution in [2.75, 3.05) is 18.8 Å². The fraction of sp³-hybridized carbons (Fsp3) is 0.467. The first kappa shape index (κ1) is 13.5. The molecule has 0 radical (unpaired) electrons. The van der Waals surface area contributed by atoms with Gasteiger partial charge in [0.1, 0.15) is 0 Å². The number of aromatic nitrogens is 2. The van der Waals surface area contributed by atoms with Crippen LogP contribution in [0.1, 0.15) is 25.3 Å². The maximum absolute atomic E-state index is 11.9. The van der Waals surface area contributed by atoms with Crippen molar-refractivity contribution < 1.29 is 4.79 Å². The number of hydrogen-bond donors (Lipinski definition) is 1. The lowest BCUT2D eigenvalue weighted by molar-refractivity contribution is -0.132. The fourth-order valence-corrected chi connectivity index (χ4v) is 3.11. The summed E-state index contributed by atoms with van der Waals surface area (Å²) in [5, 5.41) is 0. The summed E-state index contributed by atoms with van der Waals surface area (Å²) in [6.45, 7) is 1.67. The van der Waals surface area contributed by atoms with Crippen LogP contribution in [-0.4, -0.2) is 39.2 Å². The van der Waals surface area contributed by atoms with Crippen LogP contribution in [0, 0.1) is 0 Å². The molecule has 106 valence electrons. The van der Waals surface area contributed by atoms with Crippen LogP contribution in [0.5, 0.6) is 0 Å². The lowest BCUT2D eigenvalue weighted by Gasteiger charge is -2.32. The number of benzene rings is 1. The predicted octanol–water partition coefficient (Wildman–Crippen LogP) is 2.52. The molecule has 1 aromatic heterocycles. The van der Waals surface area contributed by atoms with Gasteiger partial charge in [0, 0.05) is 25.6 Å². The predicted molar refractivity (Wildman–Crippen MR) is 83.1 cm³/mol. The number of likely N-dealkylation sites (tertiary alicyclic amines) is 1. The van der Waals surface area contributed by atoms with Crippen molar-refractivity contribution >= 4 is 29.6 Å². The number of para-hydroxylation sites is 2. The van der Waals surface area contributed by atoms with Gasteiger partial charge in [-0.15, -0.1) is 0 Å². The molecular weight excluding hydrogens is 270 g/mol. The first-order valence-electron chi connectivity index (χ1n) is 7.10. The third kappa shape index (κ3) is 2.54. The van der Waals surface area contributed by atoms with Gasteiger partial charge in [0.05, 0.1) is 17.4 Å². The van der Waals surface area contributed by atoms with Gasteiger partial charge in [0.15, 0.2) is 0 Å². The number of carbonyl (C=O) groups is 1. The Hall–Kier alpha value is -1.49. The van der Waals surface area contributed by atoms with Gasteiger partial charge in [0.2, 0.25) is 5.91 Å². The number of hydrogen-bond acceptors (Lipinski definition) is 3. The summed E-state index contributed by atoms with van der Waals surface area (Å²) in [7, 11) is 0. The minimum atomic E-state index is 0.230. The van der Waals surface area contributed by atoms with E-state index >= 15 is 0 Å². The van der Waals surface area contributed by atoms with Crippen LogP contribution in [0.2, 0.25) is 0 Å². The van der Waals surface area contributed by atoms with Gasteiger partial charge >= 0.3 is 0 Å². The van der Waals surface area contributed by atoms with E-state index in [-0.39, 0.29) is 5.91 Å². The van der Waals surface area contributed by atoms with Crippen LogP contribution in [0.4, 0.5) is 0 Å². The highest BCUT2D eigenvalue weighted by atomic mass is 32.1. The zero-order chi connectivity index (χ0) is 13.9. The topological polar surface area (TPSA) is 38.1 Å². The van der Waals surface area contributed by atoms with Gasteiger partial charge in [-0.1, -0.05) is 12.1 Å². The number of fused-ring (bicyclic) bond motifs is 1. The third-order valence-electron chi connectivity index (χ3n) is 4.02. The first-order valence-corrected chi connectivity index (χ1v) is 7.73. The minimum absolute atomic E-state index is 0.230. The molecule has 1 saturated heterocycles. The highest BCUT2D eigenvalue weighted by molar-refractivity contribution is 7.80. The monoisotopic (exact) mass is 289 g/mol. The van der Waals surface area contributed by atoms with Gasteiger partial charge in [-0.2, -0.15) is 12.6 Å². The second-order valence-electron chi connectivity index (χ2n) is 5.23. The zero-order valence-electron chi connectivity index (χ0n) is 11.4. The van der Waals surface area contributed by atoms with Crippen molar-refractivity contribution in [3.63, 3.8) is 0 Å². The Kier molecular flexibility index (Phi) is 3.96. The molecule has 0 saturated carbocycles. The molecule has 1 fully saturated rings. The molecule has 1 aliphatic rings. The van der Waals surface area contributed by atoms with E-state index in [0.717, 1.165) is 31.4 Å². The summed E-state index contributed by atoms with van der Waals surface area (Å²) in [6.07, 6.45) is 4.47. The van der Waals surface area contributed by atoms with Crippen LogP contribution in [0.25, 0.3) is 11.0 Å². The van der Waals surface area contributed by atoms with E-state index in [2.05, 4.69) is 28.2 Å². The molecule has 0 aliphatic carbocycles. The first-order chi connectivity index (χ1) is 9.79. The minimum Gasteiger partial charge on any atom is -0.343 e. The molecule has 5 heteroatoms. The third-order valence-corrected chi connectivity index (χ3v) is 4.24. The summed E-state index contributed by atoms with van der Waals surface area (Å²) < 4.78 is 2.26. The Labute approximate surface area is 124 Å². The number of imidazole rings is 1. The van der Waals surface area contributed by atoms with Gasteiger partial charge in [-0.3, -0.25) is 4.79 Å². The van der Waals surface area contributed by atoms with Gasteiger partial charge < -0.3 is 9.47 Å². The van der Waals surface area contributed by atoms with Crippen molar-refractivity contribution in [3.05, 3.63) is 30.6 Å². The van der Waals surface area contributed by atoms with Crippen LogP contribution in [0.15, 0.2) is 30.6 Å². The molecule has 2 heterocycles. The van der Waals surface area contributed by atoms with E-state index in [1.807, 2.05) is 29.4 Å². The van der Waals surface area contributed by atoms with Crippen molar-refractivity contribution in [2.24, 2.45) is 0 Å². The number of rotatable bonds is 3. The molecule has 20 heavy (non-hydrogen) atoms. The molecule has 3 rings (SSSR count). The van der Waals surface area contributed by atoms with Gasteiger partial charge in [-0.25, -0.2) is 4.98 Å². The lowest BCUT2D eigenvalue weighted by Crippen LogP contribution is -2.39. The van der Waals surface area contributed by atoms with E-state index in [1.54, 1.807) is 0 Å². The molecule has 0 spiro atoms.